The van der Waals surface area contributed by atoms with Crippen LogP contribution in [0.5, 0.6) is 0 Å². The molecule has 0 aliphatic heterocycles. The van der Waals surface area contributed by atoms with Crippen LogP contribution in [0.3, 0.4) is 0 Å². The molecule has 0 heterocycles. The largest absolute Gasteiger partial charge is 0.393 e. The van der Waals surface area contributed by atoms with E-state index in [4.69, 9.17) is 16.4 Å². The van der Waals surface area contributed by atoms with Gasteiger partial charge in [0.25, 0.3) is 0 Å². The van der Waals surface area contributed by atoms with Crippen molar-refractivity contribution in [3.05, 3.63) is 40.4 Å². The number of oxime groups is 1. The number of nitrogens with zero attached hydrogens (tertiary/aromatic N) is 1. The Bertz CT molecular complexity index is 555. The van der Waals surface area contributed by atoms with Crippen molar-refractivity contribution < 1.29 is 9.94 Å². The molecule has 4 nitrogen and oxygen atoms in total. The zero-order valence-corrected chi connectivity index (χ0v) is 15.1. The minimum absolute atomic E-state index is 0.217. The van der Waals surface area contributed by atoms with Crippen LogP contribution in [0.25, 0.3) is 6.08 Å². The summed E-state index contributed by atoms with van der Waals surface area (Å²) in [4.78, 5) is 5.39. The second-order valence-electron chi connectivity index (χ2n) is 6.12. The molecule has 0 bridgehead atoms. The lowest BCUT2D eigenvalue weighted by molar-refractivity contribution is 0.0401. The molecule has 1 aromatic carbocycles. The van der Waals surface area contributed by atoms with Crippen molar-refractivity contribution in [2.45, 2.75) is 45.1 Å². The van der Waals surface area contributed by atoms with Crippen molar-refractivity contribution >= 4 is 23.4 Å². The maximum Gasteiger partial charge on any atom is 0.144 e. The molecule has 0 spiro atoms. The molecule has 1 aliphatic rings. The van der Waals surface area contributed by atoms with E-state index in [1.54, 1.807) is 0 Å². The Kier molecular flexibility index (Phi) is 8.29. The highest BCUT2D eigenvalue weighted by atomic mass is 35.5. The van der Waals surface area contributed by atoms with Crippen molar-refractivity contribution in [1.29, 1.82) is 0 Å². The van der Waals surface area contributed by atoms with Crippen LogP contribution in [0, 0.1) is 0 Å². The van der Waals surface area contributed by atoms with Gasteiger partial charge in [0.05, 0.1) is 5.71 Å². The van der Waals surface area contributed by atoms with Crippen LogP contribution in [0.4, 0.5) is 0 Å². The lowest BCUT2D eigenvalue weighted by atomic mass is 9.91. The average Bonchev–Trinajstić information content (AvgIpc) is 2.59. The SMILES string of the molecule is CCCNC[C@H](O)CO/N=C1\CCCC\C1=C/c1ccc(Cl)cc1. The summed E-state index contributed by atoms with van der Waals surface area (Å²) in [7, 11) is 0. The Balaban J connectivity index is 1.92. The highest BCUT2D eigenvalue weighted by Crippen LogP contribution is 2.24. The summed E-state index contributed by atoms with van der Waals surface area (Å²) in [5, 5.41) is 18.0. The third-order valence-electron chi connectivity index (χ3n) is 3.94. The van der Waals surface area contributed by atoms with Gasteiger partial charge in [-0.25, -0.2) is 0 Å². The molecule has 2 N–H and O–H groups in total. The van der Waals surface area contributed by atoms with Crippen LogP contribution in [-0.4, -0.2) is 36.6 Å². The molecule has 0 amide bonds. The highest BCUT2D eigenvalue weighted by molar-refractivity contribution is 6.30. The number of halogens is 1. The van der Waals surface area contributed by atoms with Gasteiger partial charge in [-0.2, -0.15) is 0 Å². The van der Waals surface area contributed by atoms with E-state index in [0.29, 0.717) is 6.54 Å². The van der Waals surface area contributed by atoms with Crippen molar-refractivity contribution in [1.82, 2.24) is 5.32 Å². The predicted octanol–water partition coefficient (Wildman–Crippen LogP) is 4.03. The molecule has 24 heavy (non-hydrogen) atoms. The summed E-state index contributed by atoms with van der Waals surface area (Å²) in [5.74, 6) is 0. The quantitative estimate of drug-likeness (QED) is 0.549. The molecule has 0 unspecified atom stereocenters. The number of benzene rings is 1. The fourth-order valence-corrected chi connectivity index (χ4v) is 2.76. The molecule has 1 atom stereocenters. The van der Waals surface area contributed by atoms with Crippen LogP contribution in [-0.2, 0) is 4.84 Å². The van der Waals surface area contributed by atoms with Crippen molar-refractivity contribution in [2.75, 3.05) is 19.7 Å². The molecule has 1 aromatic rings. The minimum atomic E-state index is -0.534. The third kappa shape index (κ3) is 6.63. The van der Waals surface area contributed by atoms with Gasteiger partial charge in [0.1, 0.15) is 12.7 Å². The van der Waals surface area contributed by atoms with E-state index in [9.17, 15) is 5.11 Å². The normalized spacial score (nSPS) is 19.6. The van der Waals surface area contributed by atoms with Gasteiger partial charge in [-0.1, -0.05) is 35.8 Å². The van der Waals surface area contributed by atoms with Crippen molar-refractivity contribution in [2.24, 2.45) is 5.16 Å². The van der Waals surface area contributed by atoms with Crippen molar-refractivity contribution in [3.63, 3.8) is 0 Å². The van der Waals surface area contributed by atoms with Gasteiger partial charge < -0.3 is 15.3 Å². The van der Waals surface area contributed by atoms with E-state index < -0.39 is 6.10 Å². The Morgan fingerprint density at radius 2 is 2.04 bits per heavy atom. The molecule has 1 fully saturated rings. The summed E-state index contributed by atoms with van der Waals surface area (Å²) < 4.78 is 0. The molecular formula is C19H27ClN2O2. The maximum atomic E-state index is 9.85. The highest BCUT2D eigenvalue weighted by Gasteiger charge is 2.14. The van der Waals surface area contributed by atoms with Gasteiger partial charge in [0, 0.05) is 11.6 Å². The van der Waals surface area contributed by atoms with Crippen LogP contribution in [0.2, 0.25) is 5.02 Å². The third-order valence-corrected chi connectivity index (χ3v) is 4.19. The molecule has 1 saturated carbocycles. The topological polar surface area (TPSA) is 53.8 Å². The smallest absolute Gasteiger partial charge is 0.144 e. The average molecular weight is 351 g/mol. The number of aliphatic hydroxyl groups is 1. The summed E-state index contributed by atoms with van der Waals surface area (Å²) in [6.07, 6.45) is 6.89. The number of hydrogen-bond acceptors (Lipinski definition) is 4. The van der Waals surface area contributed by atoms with Gasteiger partial charge in [-0.3, -0.25) is 0 Å². The number of hydrogen-bond donors (Lipinski definition) is 2. The monoisotopic (exact) mass is 350 g/mol. The fourth-order valence-electron chi connectivity index (χ4n) is 2.64. The van der Waals surface area contributed by atoms with Crippen LogP contribution >= 0.6 is 11.6 Å². The first-order valence-corrected chi connectivity index (χ1v) is 9.11. The minimum Gasteiger partial charge on any atom is -0.393 e. The molecule has 132 valence electrons. The summed E-state index contributed by atoms with van der Waals surface area (Å²) in [6, 6.07) is 7.80. The lowest BCUT2D eigenvalue weighted by Gasteiger charge is -2.17. The van der Waals surface area contributed by atoms with E-state index in [1.165, 1.54) is 12.0 Å². The van der Waals surface area contributed by atoms with E-state index in [-0.39, 0.29) is 6.61 Å². The molecule has 0 saturated heterocycles. The second kappa shape index (κ2) is 10.5. The molecular weight excluding hydrogens is 324 g/mol. The zero-order valence-electron chi connectivity index (χ0n) is 14.3. The van der Waals surface area contributed by atoms with Gasteiger partial charge >= 0.3 is 0 Å². The van der Waals surface area contributed by atoms with Gasteiger partial charge in [-0.15, -0.1) is 0 Å². The lowest BCUT2D eigenvalue weighted by Crippen LogP contribution is -2.30. The Morgan fingerprint density at radius 3 is 2.79 bits per heavy atom. The summed E-state index contributed by atoms with van der Waals surface area (Å²) in [5.41, 5.74) is 3.32. The molecule has 5 heteroatoms. The van der Waals surface area contributed by atoms with Gasteiger partial charge in [0.15, 0.2) is 0 Å². The Hall–Kier alpha value is -1.36. The first-order chi connectivity index (χ1) is 11.7. The van der Waals surface area contributed by atoms with Gasteiger partial charge in [0.2, 0.25) is 0 Å². The molecule has 0 aromatic heterocycles. The van der Waals surface area contributed by atoms with E-state index >= 15 is 0 Å². The van der Waals surface area contributed by atoms with E-state index in [2.05, 4.69) is 23.5 Å². The zero-order chi connectivity index (χ0) is 17.2. The Morgan fingerprint density at radius 1 is 1.29 bits per heavy atom. The standard InChI is InChI=1S/C19H27ClN2O2/c1-2-11-21-13-18(23)14-24-22-19-6-4-3-5-16(19)12-15-7-9-17(20)10-8-15/h7-10,12,18,21,23H,2-6,11,13-14H2,1H3/b16-12+,22-19+/t18-/m0/s1. The fraction of sp³-hybridized carbons (Fsp3) is 0.526. The maximum absolute atomic E-state index is 9.85. The van der Waals surface area contributed by atoms with Crippen LogP contribution < -0.4 is 5.32 Å². The number of rotatable bonds is 8. The number of aliphatic hydroxyl groups excluding tert-OH is 1. The second-order valence-corrected chi connectivity index (χ2v) is 6.56. The van der Waals surface area contributed by atoms with Crippen molar-refractivity contribution in [3.8, 4) is 0 Å². The Labute approximate surface area is 149 Å². The summed E-state index contributed by atoms with van der Waals surface area (Å²) >= 11 is 5.93. The predicted molar refractivity (Wildman–Crippen MR) is 100 cm³/mol. The molecule has 2 rings (SSSR count). The van der Waals surface area contributed by atoms with E-state index in [1.807, 2.05) is 24.3 Å². The van der Waals surface area contributed by atoms with E-state index in [0.717, 1.165) is 48.5 Å². The number of allylic oxidation sites excluding steroid dienone is 1. The first-order valence-electron chi connectivity index (χ1n) is 8.73. The van der Waals surface area contributed by atoms with Gasteiger partial charge in [-0.05, 0) is 68.0 Å². The van der Waals surface area contributed by atoms with Crippen LogP contribution in [0.15, 0.2) is 35.0 Å². The summed E-state index contributed by atoms with van der Waals surface area (Å²) in [6.45, 7) is 3.75. The first kappa shape index (κ1) is 19.0. The van der Waals surface area contributed by atoms with Crippen LogP contribution in [0.1, 0.15) is 44.6 Å². The number of nitrogens with one attached hydrogen (secondary N) is 1. The molecule has 1 aliphatic carbocycles. The molecule has 0 radical (unpaired) electrons.